The second-order valence-corrected chi connectivity index (χ2v) is 8.70. The first kappa shape index (κ1) is 20.2. The fraction of sp³-hybridized carbons (Fsp3) is 0.111. The molecule has 28 heavy (non-hydrogen) atoms. The molecule has 3 aromatic rings. The van der Waals surface area contributed by atoms with Gasteiger partial charge in [-0.25, -0.2) is 13.7 Å². The van der Waals surface area contributed by atoms with Crippen LogP contribution in [0.25, 0.3) is 10.8 Å². The summed E-state index contributed by atoms with van der Waals surface area (Å²) in [6.45, 7) is 1.59. The van der Waals surface area contributed by atoms with Gasteiger partial charge < -0.3 is 5.73 Å². The third-order valence-electron chi connectivity index (χ3n) is 4.02. The van der Waals surface area contributed by atoms with Crippen LogP contribution in [0.5, 0.6) is 0 Å². The minimum absolute atomic E-state index is 0.0228. The molecule has 0 unspecified atom stereocenters. The fourth-order valence-corrected chi connectivity index (χ4v) is 3.94. The van der Waals surface area contributed by atoms with E-state index in [-0.39, 0.29) is 10.6 Å². The summed E-state index contributed by atoms with van der Waals surface area (Å²) in [5, 5.41) is 22.1. The van der Waals surface area contributed by atoms with Crippen LogP contribution in [0.1, 0.15) is 6.92 Å². The van der Waals surface area contributed by atoms with Crippen molar-refractivity contribution in [1.29, 1.82) is 0 Å². The third-order valence-corrected chi connectivity index (χ3v) is 6.39. The highest BCUT2D eigenvalue weighted by molar-refractivity contribution is 7.94. The molecular weight excluding hydrogens is 402 g/mol. The smallest absolute Gasteiger partial charge is 0.178 e. The van der Waals surface area contributed by atoms with Crippen LogP contribution in [0.4, 0.5) is 17.1 Å². The summed E-state index contributed by atoms with van der Waals surface area (Å²) in [7, 11) is -3.28. The van der Waals surface area contributed by atoms with E-state index in [1.165, 1.54) is 12.1 Å². The first-order valence-corrected chi connectivity index (χ1v) is 10.6. The normalized spacial score (nSPS) is 12.1. The molecule has 0 saturated carbocycles. The van der Waals surface area contributed by atoms with Crippen LogP contribution >= 0.6 is 12.0 Å². The Bertz CT molecular complexity index is 1120. The van der Waals surface area contributed by atoms with E-state index in [2.05, 4.69) is 19.6 Å². The fourth-order valence-electron chi connectivity index (χ4n) is 2.55. The van der Waals surface area contributed by atoms with Crippen LogP contribution in [0.2, 0.25) is 0 Å². The number of fused-ring (bicyclic) bond motifs is 1. The van der Waals surface area contributed by atoms with Gasteiger partial charge in [-0.1, -0.05) is 36.2 Å². The maximum absolute atomic E-state index is 11.9. The van der Waals surface area contributed by atoms with Gasteiger partial charge in [-0.15, -0.1) is 9.45 Å². The minimum Gasteiger partial charge on any atom is -0.396 e. The van der Waals surface area contributed by atoms with Crippen LogP contribution in [0.15, 0.2) is 74.6 Å². The van der Waals surface area contributed by atoms with Gasteiger partial charge in [0.15, 0.2) is 9.84 Å². The molecule has 0 bridgehead atoms. The van der Waals surface area contributed by atoms with Crippen molar-refractivity contribution in [2.24, 2.45) is 10.2 Å². The number of azo groups is 1. The van der Waals surface area contributed by atoms with Crippen molar-refractivity contribution in [3.05, 3.63) is 54.6 Å². The van der Waals surface area contributed by atoms with Gasteiger partial charge in [-0.3, -0.25) is 0 Å². The Morgan fingerprint density at radius 1 is 1.11 bits per heavy atom. The van der Waals surface area contributed by atoms with Crippen molar-refractivity contribution in [1.82, 2.24) is 0 Å². The number of sulfone groups is 1. The standard InChI is InChI=1S/C18H17N3O5S2/c1-2-28(23,24)14-9-7-13(8-10-14)20-21-18-16(27-26-25-22)11-12-5-3-4-6-15(12)17(18)19/h3-11,22H,2,19H2,1H3/b21-20+. The predicted octanol–water partition coefficient (Wildman–Crippen LogP) is 5.06. The molecule has 0 aliphatic heterocycles. The SMILES string of the molecule is CCS(=O)(=O)c1ccc(/N=N/c2c(SOOO)cc3ccccc3c2N)cc1. The highest BCUT2D eigenvalue weighted by Gasteiger charge is 2.14. The minimum atomic E-state index is -3.28. The number of nitrogen functional groups attached to an aromatic ring is 1. The summed E-state index contributed by atoms with van der Waals surface area (Å²) in [6.07, 6.45) is 0. The van der Waals surface area contributed by atoms with E-state index in [1.807, 2.05) is 24.3 Å². The summed E-state index contributed by atoms with van der Waals surface area (Å²) < 4.78 is 28.3. The highest BCUT2D eigenvalue weighted by atomic mass is 32.2. The van der Waals surface area contributed by atoms with Crippen molar-refractivity contribution >= 4 is 49.7 Å². The van der Waals surface area contributed by atoms with Gasteiger partial charge in [-0.05, 0) is 35.7 Å². The Balaban J connectivity index is 1.99. The van der Waals surface area contributed by atoms with Gasteiger partial charge in [0.2, 0.25) is 0 Å². The van der Waals surface area contributed by atoms with E-state index in [4.69, 9.17) is 11.0 Å². The first-order chi connectivity index (χ1) is 13.5. The van der Waals surface area contributed by atoms with Gasteiger partial charge in [0.1, 0.15) is 5.69 Å². The average molecular weight is 419 g/mol. The summed E-state index contributed by atoms with van der Waals surface area (Å²) in [5.41, 5.74) is 7.43. The molecule has 0 fully saturated rings. The molecule has 0 amide bonds. The average Bonchev–Trinajstić information content (AvgIpc) is 2.72. The molecule has 0 saturated heterocycles. The summed E-state index contributed by atoms with van der Waals surface area (Å²) in [4.78, 5) is 0.711. The Labute approximate surface area is 166 Å². The number of hydrogen-bond donors (Lipinski definition) is 2. The molecule has 3 N–H and O–H groups in total. The monoisotopic (exact) mass is 419 g/mol. The predicted molar refractivity (Wildman–Crippen MR) is 107 cm³/mol. The van der Waals surface area contributed by atoms with Crippen molar-refractivity contribution in [2.45, 2.75) is 16.7 Å². The molecule has 0 heterocycles. The molecule has 0 radical (unpaired) electrons. The zero-order valence-corrected chi connectivity index (χ0v) is 16.4. The number of nitrogens with zero attached hydrogens (tertiary/aromatic N) is 2. The number of rotatable bonds is 7. The first-order valence-electron chi connectivity index (χ1n) is 8.17. The number of hydrogen-bond acceptors (Lipinski definition) is 9. The topological polar surface area (TPSA) is 124 Å². The van der Waals surface area contributed by atoms with E-state index in [0.29, 0.717) is 22.0 Å². The second-order valence-electron chi connectivity index (χ2n) is 5.68. The molecule has 0 spiro atoms. The zero-order valence-electron chi connectivity index (χ0n) is 14.8. The van der Waals surface area contributed by atoms with Crippen molar-refractivity contribution in [3.8, 4) is 0 Å². The van der Waals surface area contributed by atoms with E-state index >= 15 is 0 Å². The van der Waals surface area contributed by atoms with Gasteiger partial charge in [0, 0.05) is 5.39 Å². The largest absolute Gasteiger partial charge is 0.396 e. The Hall–Kier alpha value is -2.50. The maximum Gasteiger partial charge on any atom is 0.178 e. The van der Waals surface area contributed by atoms with Gasteiger partial charge in [-0.2, -0.15) is 5.11 Å². The van der Waals surface area contributed by atoms with Gasteiger partial charge in [0.25, 0.3) is 0 Å². The van der Waals surface area contributed by atoms with Crippen molar-refractivity contribution in [2.75, 3.05) is 11.5 Å². The van der Waals surface area contributed by atoms with Crippen molar-refractivity contribution in [3.63, 3.8) is 0 Å². The lowest BCUT2D eigenvalue weighted by Gasteiger charge is -2.09. The molecule has 0 atom stereocenters. The molecule has 3 rings (SSSR count). The Morgan fingerprint density at radius 3 is 2.50 bits per heavy atom. The Kier molecular flexibility index (Phi) is 6.27. The lowest BCUT2D eigenvalue weighted by Crippen LogP contribution is -2.02. The van der Waals surface area contributed by atoms with E-state index in [9.17, 15) is 8.42 Å². The second kappa shape index (κ2) is 8.67. The lowest BCUT2D eigenvalue weighted by atomic mass is 10.1. The van der Waals surface area contributed by atoms with Crippen LogP contribution in [-0.4, -0.2) is 19.4 Å². The Morgan fingerprint density at radius 2 is 1.82 bits per heavy atom. The van der Waals surface area contributed by atoms with Gasteiger partial charge in [0.05, 0.1) is 39.0 Å². The molecule has 0 aliphatic carbocycles. The molecule has 0 aromatic heterocycles. The lowest BCUT2D eigenvalue weighted by molar-refractivity contribution is -0.432. The van der Waals surface area contributed by atoms with Crippen LogP contribution in [0, 0.1) is 0 Å². The highest BCUT2D eigenvalue weighted by Crippen LogP contribution is 2.41. The number of anilines is 1. The summed E-state index contributed by atoms with van der Waals surface area (Å²) >= 11 is 0.735. The molecule has 0 aliphatic rings. The number of benzene rings is 3. The van der Waals surface area contributed by atoms with Crippen LogP contribution in [0.3, 0.4) is 0 Å². The summed E-state index contributed by atoms with van der Waals surface area (Å²) in [5.74, 6) is 0.0228. The molecule has 146 valence electrons. The molecule has 10 heteroatoms. The quantitative estimate of drug-likeness (QED) is 0.180. The van der Waals surface area contributed by atoms with E-state index in [1.54, 1.807) is 25.1 Å². The van der Waals surface area contributed by atoms with Crippen LogP contribution in [-0.2, 0) is 19.2 Å². The zero-order chi connectivity index (χ0) is 20.1. The maximum atomic E-state index is 11.9. The van der Waals surface area contributed by atoms with Gasteiger partial charge >= 0.3 is 0 Å². The molecule has 3 aromatic carbocycles. The summed E-state index contributed by atoms with van der Waals surface area (Å²) in [6, 6.07) is 15.3. The molecule has 8 nitrogen and oxygen atoms in total. The van der Waals surface area contributed by atoms with E-state index in [0.717, 1.165) is 22.8 Å². The number of nitrogens with two attached hydrogens (primary N) is 1. The molecular formula is C18H17N3O5S2. The third kappa shape index (κ3) is 4.32. The van der Waals surface area contributed by atoms with Crippen molar-refractivity contribution < 1.29 is 23.0 Å². The van der Waals surface area contributed by atoms with Crippen LogP contribution < -0.4 is 5.73 Å². The van der Waals surface area contributed by atoms with E-state index < -0.39 is 9.84 Å².